The SMILES string of the molecule is CC=CC1OC(O)(C(C)C(O)C(C)C2OC(=O)C(OC)=CC(C)=CC(C)C(O)C(CC)C(O)C(C)CC(C)=CC=CC2OC)CC(O[C@@H]2C[C@@H](O)[C@H](O)[C@@H](C)O2)C1C. The molecular formula is C45H74O13. The summed E-state index contributed by atoms with van der Waals surface area (Å²) < 4.78 is 36.1. The van der Waals surface area contributed by atoms with Crippen molar-refractivity contribution >= 4 is 5.97 Å². The van der Waals surface area contributed by atoms with Gasteiger partial charge in [-0.3, -0.25) is 0 Å². The van der Waals surface area contributed by atoms with Crippen molar-refractivity contribution in [2.24, 2.45) is 35.5 Å². The highest BCUT2D eigenvalue weighted by atomic mass is 16.7. The maximum Gasteiger partial charge on any atom is 0.373 e. The molecule has 0 saturated carbocycles. The van der Waals surface area contributed by atoms with E-state index in [1.807, 2.05) is 65.8 Å². The third-order valence-corrected chi connectivity index (χ3v) is 12.5. The Morgan fingerprint density at radius 1 is 1.03 bits per heavy atom. The molecule has 2 saturated heterocycles. The lowest BCUT2D eigenvalue weighted by atomic mass is 9.77. The molecule has 0 amide bonds. The van der Waals surface area contributed by atoms with Crippen LogP contribution < -0.4 is 0 Å². The number of cyclic esters (lactones) is 1. The third-order valence-electron chi connectivity index (χ3n) is 12.5. The Kier molecular flexibility index (Phi) is 19.3. The number of hydrogen-bond acceptors (Lipinski definition) is 13. The fraction of sp³-hybridized carbons (Fsp3) is 0.756. The molecule has 13 heteroatoms. The lowest BCUT2D eigenvalue weighted by molar-refractivity contribution is -0.339. The Morgan fingerprint density at radius 2 is 1.71 bits per heavy atom. The summed E-state index contributed by atoms with van der Waals surface area (Å²) in [5.74, 6) is -5.78. The van der Waals surface area contributed by atoms with Gasteiger partial charge in [0, 0.05) is 49.5 Å². The molecule has 0 aliphatic carbocycles. The van der Waals surface area contributed by atoms with Crippen molar-refractivity contribution in [2.75, 3.05) is 14.2 Å². The lowest BCUT2D eigenvalue weighted by Gasteiger charge is -2.49. The first kappa shape index (κ1) is 49.9. The van der Waals surface area contributed by atoms with Gasteiger partial charge in [0.2, 0.25) is 5.76 Å². The topological polar surface area (TPSA) is 194 Å². The van der Waals surface area contributed by atoms with Crippen LogP contribution in [0.5, 0.6) is 0 Å². The quantitative estimate of drug-likeness (QED) is 0.129. The van der Waals surface area contributed by atoms with Crippen LogP contribution in [0.15, 0.2) is 59.4 Å². The summed E-state index contributed by atoms with van der Waals surface area (Å²) in [5.41, 5.74) is 1.61. The number of methoxy groups -OCH3 is 2. The molecule has 0 aromatic carbocycles. The summed E-state index contributed by atoms with van der Waals surface area (Å²) in [5, 5.41) is 67.8. The van der Waals surface area contributed by atoms with Crippen LogP contribution in [0.25, 0.3) is 0 Å². The molecule has 58 heavy (non-hydrogen) atoms. The molecule has 332 valence electrons. The molecule has 18 atom stereocenters. The standard InChI is InChI=1S/C45H74O13/c1-13-16-34-28(7)37(56-38-22-33(46)42(50)31(10)55-38)23-45(52,58-34)30(9)41(49)29(8)43-35(53-11)18-15-17-24(3)19-26(5)39(47)32(14-2)40(48)27(6)20-25(4)21-36(54-12)44(51)57-43/h13,15-18,20-21,26-35,37-43,46-50,52H,14,19,22-23H2,1-12H3/t26?,27?,28?,29?,30?,31-,32?,33-,34?,35?,37?,38-,39?,40?,41?,42-,43?,45?/m1/s1. The number of esters is 1. The van der Waals surface area contributed by atoms with E-state index in [4.69, 9.17) is 28.4 Å². The normalized spacial score (nSPS) is 40.7. The molecule has 3 rings (SSSR count). The van der Waals surface area contributed by atoms with Gasteiger partial charge in [0.1, 0.15) is 18.3 Å². The molecule has 3 heterocycles. The zero-order chi connectivity index (χ0) is 43.6. The monoisotopic (exact) mass is 823 g/mol. The number of ether oxygens (including phenoxy) is 6. The molecule has 0 aromatic heterocycles. The zero-order valence-electron chi connectivity index (χ0n) is 36.7. The highest BCUT2D eigenvalue weighted by Crippen LogP contribution is 2.42. The predicted molar refractivity (Wildman–Crippen MR) is 220 cm³/mol. The predicted octanol–water partition coefficient (Wildman–Crippen LogP) is 4.88. The van der Waals surface area contributed by atoms with Crippen molar-refractivity contribution < 1.29 is 63.9 Å². The van der Waals surface area contributed by atoms with Crippen LogP contribution in [0.4, 0.5) is 0 Å². The molecule has 0 bridgehead atoms. The van der Waals surface area contributed by atoms with Gasteiger partial charge in [-0.1, -0.05) is 89.1 Å². The van der Waals surface area contributed by atoms with E-state index in [1.54, 1.807) is 39.8 Å². The van der Waals surface area contributed by atoms with E-state index in [1.165, 1.54) is 20.3 Å². The number of hydrogen-bond donors (Lipinski definition) is 6. The average molecular weight is 823 g/mol. The van der Waals surface area contributed by atoms with Gasteiger partial charge in [-0.05, 0) is 52.5 Å². The summed E-state index contributed by atoms with van der Waals surface area (Å²) in [6.45, 7) is 18.3. The van der Waals surface area contributed by atoms with Gasteiger partial charge in [0.05, 0.1) is 49.8 Å². The first-order valence-electron chi connectivity index (χ1n) is 21.0. The Morgan fingerprint density at radius 3 is 2.29 bits per heavy atom. The number of carbonyl (C=O) groups excluding carboxylic acids is 1. The van der Waals surface area contributed by atoms with Gasteiger partial charge in [-0.25, -0.2) is 4.79 Å². The average Bonchev–Trinajstić information content (AvgIpc) is 3.17. The van der Waals surface area contributed by atoms with Gasteiger partial charge in [0.15, 0.2) is 12.1 Å². The third kappa shape index (κ3) is 12.6. The molecular weight excluding hydrogens is 748 g/mol. The van der Waals surface area contributed by atoms with Crippen LogP contribution in [0.2, 0.25) is 0 Å². The lowest BCUT2D eigenvalue weighted by Crippen LogP contribution is -2.59. The van der Waals surface area contributed by atoms with Crippen LogP contribution in [-0.4, -0.2) is 124 Å². The number of rotatable bonds is 10. The summed E-state index contributed by atoms with van der Waals surface area (Å²) in [7, 11) is 2.83. The maximum atomic E-state index is 13.9. The molecule has 14 unspecified atom stereocenters. The minimum Gasteiger partial charge on any atom is -0.490 e. The summed E-state index contributed by atoms with van der Waals surface area (Å²) in [4.78, 5) is 13.9. The summed E-state index contributed by atoms with van der Waals surface area (Å²) in [6, 6.07) is 0. The molecule has 0 radical (unpaired) electrons. The van der Waals surface area contributed by atoms with E-state index in [-0.39, 0.29) is 42.3 Å². The van der Waals surface area contributed by atoms with Crippen molar-refractivity contribution in [3.63, 3.8) is 0 Å². The zero-order valence-corrected chi connectivity index (χ0v) is 36.7. The van der Waals surface area contributed by atoms with E-state index in [9.17, 15) is 35.4 Å². The first-order chi connectivity index (χ1) is 27.2. The molecule has 13 nitrogen and oxygen atoms in total. The van der Waals surface area contributed by atoms with Gasteiger partial charge in [0.25, 0.3) is 0 Å². The van der Waals surface area contributed by atoms with Crippen molar-refractivity contribution in [1.82, 2.24) is 0 Å². The smallest absolute Gasteiger partial charge is 0.373 e. The molecule has 6 N–H and O–H groups in total. The molecule has 3 aliphatic heterocycles. The van der Waals surface area contributed by atoms with E-state index >= 15 is 0 Å². The highest BCUT2D eigenvalue weighted by Gasteiger charge is 2.52. The first-order valence-corrected chi connectivity index (χ1v) is 21.0. The summed E-state index contributed by atoms with van der Waals surface area (Å²) >= 11 is 0. The van der Waals surface area contributed by atoms with E-state index < -0.39 is 90.9 Å². The largest absolute Gasteiger partial charge is 0.490 e. The van der Waals surface area contributed by atoms with Crippen molar-refractivity contribution in [3.8, 4) is 0 Å². The van der Waals surface area contributed by atoms with E-state index in [0.29, 0.717) is 18.4 Å². The minimum absolute atomic E-state index is 0.0414. The van der Waals surface area contributed by atoms with Crippen molar-refractivity contribution in [1.29, 1.82) is 0 Å². The van der Waals surface area contributed by atoms with Gasteiger partial charge >= 0.3 is 5.97 Å². The second-order valence-electron chi connectivity index (χ2n) is 17.1. The number of aliphatic hydroxyl groups is 6. The van der Waals surface area contributed by atoms with Gasteiger partial charge in [-0.2, -0.15) is 0 Å². The number of allylic oxidation sites excluding steroid dienone is 6. The van der Waals surface area contributed by atoms with Crippen LogP contribution in [0.3, 0.4) is 0 Å². The summed E-state index contributed by atoms with van der Waals surface area (Å²) in [6.07, 6.45) is 3.82. The van der Waals surface area contributed by atoms with Gasteiger partial charge < -0.3 is 59.1 Å². The van der Waals surface area contributed by atoms with Gasteiger partial charge in [-0.15, -0.1) is 0 Å². The molecule has 3 aliphatic rings. The van der Waals surface area contributed by atoms with Crippen molar-refractivity contribution in [3.05, 3.63) is 59.4 Å². The second-order valence-corrected chi connectivity index (χ2v) is 17.1. The van der Waals surface area contributed by atoms with Crippen LogP contribution in [-0.2, 0) is 33.2 Å². The van der Waals surface area contributed by atoms with E-state index in [2.05, 4.69) is 0 Å². The fourth-order valence-corrected chi connectivity index (χ4v) is 8.64. The van der Waals surface area contributed by atoms with Crippen LogP contribution in [0.1, 0.15) is 94.9 Å². The Bertz CT molecular complexity index is 1450. The molecule has 0 aromatic rings. The van der Waals surface area contributed by atoms with Crippen LogP contribution in [0, 0.1) is 35.5 Å². The number of carbonyl (C=O) groups is 1. The Balaban J connectivity index is 2.02. The number of aliphatic hydroxyl groups excluding tert-OH is 5. The van der Waals surface area contributed by atoms with Crippen molar-refractivity contribution in [2.45, 2.75) is 168 Å². The highest BCUT2D eigenvalue weighted by molar-refractivity contribution is 5.87. The van der Waals surface area contributed by atoms with Crippen LogP contribution >= 0.6 is 0 Å². The second kappa shape index (κ2) is 22.4. The Hall–Kier alpha value is -2.43. The Labute approximate surface area is 346 Å². The minimum atomic E-state index is -1.93. The molecule has 0 spiro atoms. The molecule has 2 fully saturated rings. The fourth-order valence-electron chi connectivity index (χ4n) is 8.64. The maximum absolute atomic E-state index is 13.9. The van der Waals surface area contributed by atoms with E-state index in [0.717, 1.165) is 5.57 Å².